The predicted octanol–water partition coefficient (Wildman–Crippen LogP) is 3.37. The van der Waals surface area contributed by atoms with Crippen LogP contribution in [0.15, 0.2) is 28.7 Å². The number of para-hydroxylation sites is 1. The molecule has 0 bridgehead atoms. The third kappa shape index (κ3) is 2.97. The molecule has 0 aliphatic carbocycles. The van der Waals surface area contributed by atoms with Gasteiger partial charge in [0.2, 0.25) is 0 Å². The van der Waals surface area contributed by atoms with E-state index >= 15 is 0 Å². The summed E-state index contributed by atoms with van der Waals surface area (Å²) in [6, 6.07) is 7.27. The third-order valence-electron chi connectivity index (χ3n) is 3.27. The number of halogens is 1. The highest BCUT2D eigenvalue weighted by Crippen LogP contribution is 2.29. The van der Waals surface area contributed by atoms with Crippen LogP contribution in [0.1, 0.15) is 19.4 Å². The second-order valence-electron chi connectivity index (χ2n) is 4.98. The minimum Gasteiger partial charge on any atom is -0.468 e. The van der Waals surface area contributed by atoms with Gasteiger partial charge in [-0.2, -0.15) is 0 Å². The van der Waals surface area contributed by atoms with E-state index < -0.39 is 0 Å². The second kappa shape index (κ2) is 6.29. The van der Waals surface area contributed by atoms with Crippen LogP contribution >= 0.6 is 11.6 Å². The first-order valence-corrected chi connectivity index (χ1v) is 6.89. The largest absolute Gasteiger partial charge is 0.468 e. The van der Waals surface area contributed by atoms with Crippen LogP contribution in [0.4, 0.5) is 0 Å². The Morgan fingerprint density at radius 3 is 2.75 bits per heavy atom. The van der Waals surface area contributed by atoms with E-state index in [4.69, 9.17) is 20.8 Å². The number of benzene rings is 1. The monoisotopic (exact) mass is 295 g/mol. The molecule has 0 amide bonds. The van der Waals surface area contributed by atoms with Crippen LogP contribution in [-0.2, 0) is 16.1 Å². The zero-order valence-electron chi connectivity index (χ0n) is 11.8. The molecule has 0 saturated carbocycles. The maximum absolute atomic E-state index is 11.7. The highest BCUT2D eigenvalue weighted by atomic mass is 35.5. The molecule has 0 aliphatic heterocycles. The molecular formula is C15H18ClNO3. The summed E-state index contributed by atoms with van der Waals surface area (Å²) in [6.07, 6.45) is 0. The van der Waals surface area contributed by atoms with Crippen LogP contribution in [0.2, 0.25) is 5.22 Å². The topological polar surface area (TPSA) is 51.5 Å². The number of hydrogen-bond acceptors (Lipinski definition) is 4. The predicted molar refractivity (Wildman–Crippen MR) is 78.7 cm³/mol. The number of furan rings is 1. The minimum absolute atomic E-state index is 0.124. The van der Waals surface area contributed by atoms with Gasteiger partial charge in [0.1, 0.15) is 11.6 Å². The van der Waals surface area contributed by atoms with Crippen molar-refractivity contribution in [1.82, 2.24) is 5.32 Å². The van der Waals surface area contributed by atoms with Crippen LogP contribution in [-0.4, -0.2) is 19.1 Å². The van der Waals surface area contributed by atoms with Gasteiger partial charge in [0.05, 0.1) is 7.11 Å². The zero-order valence-corrected chi connectivity index (χ0v) is 12.5. The molecule has 1 N–H and O–H groups in total. The zero-order chi connectivity index (χ0) is 14.7. The van der Waals surface area contributed by atoms with Crippen molar-refractivity contribution in [3.8, 4) is 0 Å². The molecule has 0 saturated heterocycles. The molecule has 1 heterocycles. The van der Waals surface area contributed by atoms with E-state index in [2.05, 4.69) is 5.32 Å². The number of ether oxygens (including phenoxy) is 1. The fourth-order valence-electron chi connectivity index (χ4n) is 2.16. The molecule has 1 unspecified atom stereocenters. The molecule has 0 aliphatic rings. The van der Waals surface area contributed by atoms with Gasteiger partial charge in [0, 0.05) is 17.5 Å². The third-order valence-corrected chi connectivity index (χ3v) is 3.57. The quantitative estimate of drug-likeness (QED) is 0.859. The number of esters is 1. The first kappa shape index (κ1) is 14.9. The highest BCUT2D eigenvalue weighted by Gasteiger charge is 2.23. The van der Waals surface area contributed by atoms with Gasteiger partial charge < -0.3 is 9.15 Å². The fourth-order valence-corrected chi connectivity index (χ4v) is 2.42. The Labute approximate surface area is 123 Å². The average molecular weight is 296 g/mol. The van der Waals surface area contributed by atoms with Gasteiger partial charge in [0.15, 0.2) is 5.22 Å². The van der Waals surface area contributed by atoms with Gasteiger partial charge in [-0.15, -0.1) is 0 Å². The molecule has 1 atom stereocenters. The second-order valence-corrected chi connectivity index (χ2v) is 5.32. The van der Waals surface area contributed by atoms with E-state index in [1.807, 2.05) is 38.1 Å². The van der Waals surface area contributed by atoms with Crippen LogP contribution < -0.4 is 5.32 Å². The summed E-state index contributed by atoms with van der Waals surface area (Å²) in [5, 5.41) is 4.50. The summed E-state index contributed by atoms with van der Waals surface area (Å²) in [7, 11) is 1.39. The van der Waals surface area contributed by atoms with Gasteiger partial charge in [-0.3, -0.25) is 10.1 Å². The maximum Gasteiger partial charge on any atom is 0.323 e. The van der Waals surface area contributed by atoms with Crippen molar-refractivity contribution in [2.75, 3.05) is 7.11 Å². The van der Waals surface area contributed by atoms with Crippen molar-refractivity contribution >= 4 is 28.5 Å². The lowest BCUT2D eigenvalue weighted by Crippen LogP contribution is -2.41. The molecule has 5 heteroatoms. The number of nitrogens with one attached hydrogen (secondary N) is 1. The number of hydrogen-bond donors (Lipinski definition) is 1. The molecule has 0 radical (unpaired) electrons. The summed E-state index contributed by atoms with van der Waals surface area (Å²) in [4.78, 5) is 11.7. The molecule has 108 valence electrons. The van der Waals surface area contributed by atoms with E-state index in [-0.39, 0.29) is 17.9 Å². The van der Waals surface area contributed by atoms with Crippen molar-refractivity contribution in [2.45, 2.75) is 26.4 Å². The lowest BCUT2D eigenvalue weighted by Gasteiger charge is -2.19. The number of rotatable bonds is 5. The molecule has 2 aromatic rings. The normalized spacial score (nSPS) is 12.8. The SMILES string of the molecule is COC(=O)C(NCc1c(Cl)oc2ccccc12)C(C)C. The van der Waals surface area contributed by atoms with E-state index in [9.17, 15) is 4.79 Å². The fraction of sp³-hybridized carbons (Fsp3) is 0.400. The lowest BCUT2D eigenvalue weighted by molar-refractivity contribution is -0.144. The molecule has 1 aromatic heterocycles. The lowest BCUT2D eigenvalue weighted by atomic mass is 10.0. The molecule has 0 spiro atoms. The van der Waals surface area contributed by atoms with E-state index in [1.165, 1.54) is 7.11 Å². The summed E-state index contributed by atoms with van der Waals surface area (Å²) in [6.45, 7) is 4.38. The van der Waals surface area contributed by atoms with Crippen molar-refractivity contribution in [1.29, 1.82) is 0 Å². The Kier molecular flexibility index (Phi) is 4.68. The molecule has 4 nitrogen and oxygen atoms in total. The molecule has 0 fully saturated rings. The summed E-state index contributed by atoms with van der Waals surface area (Å²) < 4.78 is 10.3. The van der Waals surface area contributed by atoms with Crippen LogP contribution in [0, 0.1) is 5.92 Å². The number of carbonyl (C=O) groups is 1. The smallest absolute Gasteiger partial charge is 0.323 e. The van der Waals surface area contributed by atoms with Gasteiger partial charge in [0.25, 0.3) is 0 Å². The minimum atomic E-state index is -0.371. The standard InChI is InChI=1S/C15H18ClNO3/c1-9(2)13(15(18)19-3)17-8-11-10-6-4-5-7-12(10)20-14(11)16/h4-7,9,13,17H,8H2,1-3H3. The summed E-state index contributed by atoms with van der Waals surface area (Å²) >= 11 is 6.12. The molecule has 2 rings (SSSR count). The molecular weight excluding hydrogens is 278 g/mol. The first-order valence-electron chi connectivity index (χ1n) is 6.51. The van der Waals surface area contributed by atoms with Gasteiger partial charge >= 0.3 is 5.97 Å². The van der Waals surface area contributed by atoms with Crippen LogP contribution in [0.25, 0.3) is 11.0 Å². The van der Waals surface area contributed by atoms with Crippen molar-refractivity contribution in [3.05, 3.63) is 35.0 Å². The Morgan fingerprint density at radius 1 is 1.40 bits per heavy atom. The highest BCUT2D eigenvalue weighted by molar-refractivity contribution is 6.30. The van der Waals surface area contributed by atoms with E-state index in [0.29, 0.717) is 11.8 Å². The van der Waals surface area contributed by atoms with Gasteiger partial charge in [-0.1, -0.05) is 32.0 Å². The average Bonchev–Trinajstić information content (AvgIpc) is 2.74. The summed E-state index contributed by atoms with van der Waals surface area (Å²) in [5.41, 5.74) is 1.60. The van der Waals surface area contributed by atoms with Crippen molar-refractivity contribution in [2.24, 2.45) is 5.92 Å². The van der Waals surface area contributed by atoms with Crippen molar-refractivity contribution < 1.29 is 13.9 Å². The number of fused-ring (bicyclic) bond motifs is 1. The Hall–Kier alpha value is -1.52. The number of methoxy groups -OCH3 is 1. The first-order chi connectivity index (χ1) is 9.54. The van der Waals surface area contributed by atoms with Crippen LogP contribution in [0.5, 0.6) is 0 Å². The van der Waals surface area contributed by atoms with Crippen molar-refractivity contribution in [3.63, 3.8) is 0 Å². The maximum atomic E-state index is 11.7. The van der Waals surface area contributed by atoms with Crippen LogP contribution in [0.3, 0.4) is 0 Å². The Bertz CT molecular complexity index is 606. The Morgan fingerprint density at radius 2 is 2.10 bits per heavy atom. The van der Waals surface area contributed by atoms with Gasteiger partial charge in [-0.05, 0) is 23.6 Å². The molecule has 1 aromatic carbocycles. The van der Waals surface area contributed by atoms with E-state index in [1.54, 1.807) is 0 Å². The summed E-state index contributed by atoms with van der Waals surface area (Å²) in [5.74, 6) is -0.150. The van der Waals surface area contributed by atoms with Gasteiger partial charge in [-0.25, -0.2) is 0 Å². The Balaban J connectivity index is 2.20. The van der Waals surface area contributed by atoms with E-state index in [0.717, 1.165) is 16.5 Å². The molecule has 20 heavy (non-hydrogen) atoms. The number of carbonyl (C=O) groups excluding carboxylic acids is 1.